The second-order valence-corrected chi connectivity index (χ2v) is 7.52. The predicted molar refractivity (Wildman–Crippen MR) is 97.9 cm³/mol. The van der Waals surface area contributed by atoms with Crippen molar-refractivity contribution in [2.75, 3.05) is 26.2 Å². The number of nitrogens with zero attached hydrogens (tertiary/aromatic N) is 2. The van der Waals surface area contributed by atoms with Gasteiger partial charge in [0.1, 0.15) is 5.82 Å². The minimum absolute atomic E-state index is 0.000307. The van der Waals surface area contributed by atoms with Gasteiger partial charge in [0.25, 0.3) is 0 Å². The number of nitrogens with one attached hydrogen (secondary N) is 1. The topological polar surface area (TPSA) is 52.7 Å². The zero-order valence-corrected chi connectivity index (χ0v) is 15.5. The number of carbonyl (C=O) groups excluding carboxylic acids is 2. The molecule has 3 rings (SSSR count). The number of amides is 2. The Kier molecular flexibility index (Phi) is 5.91. The molecule has 142 valence electrons. The van der Waals surface area contributed by atoms with Crippen LogP contribution in [0.3, 0.4) is 0 Å². The van der Waals surface area contributed by atoms with Crippen molar-refractivity contribution in [3.8, 4) is 0 Å². The number of carbonyl (C=O) groups is 2. The molecule has 2 saturated heterocycles. The number of rotatable bonds is 4. The van der Waals surface area contributed by atoms with Gasteiger partial charge in [-0.2, -0.15) is 0 Å². The summed E-state index contributed by atoms with van der Waals surface area (Å²) in [6, 6.07) is 6.77. The van der Waals surface area contributed by atoms with Crippen molar-refractivity contribution in [2.45, 2.75) is 51.1 Å². The Morgan fingerprint density at radius 2 is 1.77 bits per heavy atom. The molecule has 5 nitrogen and oxygen atoms in total. The second-order valence-electron chi connectivity index (χ2n) is 7.52. The van der Waals surface area contributed by atoms with E-state index < -0.39 is 0 Å². The Morgan fingerprint density at radius 3 is 2.46 bits per heavy atom. The second kappa shape index (κ2) is 8.16. The van der Waals surface area contributed by atoms with E-state index in [1.54, 1.807) is 0 Å². The predicted octanol–water partition coefficient (Wildman–Crippen LogP) is 2.31. The maximum Gasteiger partial charge on any atom is 0.241 e. The van der Waals surface area contributed by atoms with Crippen molar-refractivity contribution in [1.29, 1.82) is 0 Å². The standard InChI is InChI=1S/C20H28FN3O2/c1-16(25)22-14-19(26)23-11-2-8-20(10-13-23)9-3-12-24(20)15-17-4-6-18(21)7-5-17/h4-7H,2-3,8-15H2,1H3,(H,22,25). The molecule has 2 aliphatic rings. The zero-order valence-electron chi connectivity index (χ0n) is 15.5. The average Bonchev–Trinajstić information content (AvgIpc) is 2.86. The van der Waals surface area contributed by atoms with Crippen LogP contribution >= 0.6 is 0 Å². The lowest BCUT2D eigenvalue weighted by Crippen LogP contribution is -2.45. The molecule has 6 heteroatoms. The van der Waals surface area contributed by atoms with Crippen molar-refractivity contribution < 1.29 is 14.0 Å². The van der Waals surface area contributed by atoms with Gasteiger partial charge in [0.15, 0.2) is 0 Å². The number of hydrogen-bond donors (Lipinski definition) is 1. The molecule has 0 radical (unpaired) electrons. The normalized spacial score (nSPS) is 23.8. The van der Waals surface area contributed by atoms with Crippen LogP contribution in [0.5, 0.6) is 0 Å². The first-order valence-electron chi connectivity index (χ1n) is 9.50. The number of hydrogen-bond acceptors (Lipinski definition) is 3. The summed E-state index contributed by atoms with van der Waals surface area (Å²) in [7, 11) is 0. The van der Waals surface area contributed by atoms with Gasteiger partial charge in [0.05, 0.1) is 6.54 Å². The molecule has 0 aromatic heterocycles. The van der Waals surface area contributed by atoms with Crippen LogP contribution in [0.25, 0.3) is 0 Å². The van der Waals surface area contributed by atoms with E-state index in [9.17, 15) is 14.0 Å². The molecule has 1 N–H and O–H groups in total. The molecule has 2 amide bonds. The van der Waals surface area contributed by atoms with Gasteiger partial charge in [-0.05, 0) is 56.3 Å². The van der Waals surface area contributed by atoms with Crippen LogP contribution in [-0.4, -0.2) is 53.3 Å². The van der Waals surface area contributed by atoms with Gasteiger partial charge in [-0.25, -0.2) is 4.39 Å². The summed E-state index contributed by atoms with van der Waals surface area (Å²) in [4.78, 5) is 27.8. The molecule has 1 aromatic carbocycles. The molecule has 0 bridgehead atoms. The van der Waals surface area contributed by atoms with Crippen molar-refractivity contribution >= 4 is 11.8 Å². The molecule has 1 atom stereocenters. The van der Waals surface area contributed by atoms with Crippen molar-refractivity contribution in [1.82, 2.24) is 15.1 Å². The fourth-order valence-corrected chi connectivity index (χ4v) is 4.36. The lowest BCUT2D eigenvalue weighted by atomic mass is 9.87. The molecule has 1 aromatic rings. The minimum atomic E-state index is -0.201. The summed E-state index contributed by atoms with van der Waals surface area (Å²) in [6.45, 7) is 4.89. The maximum atomic E-state index is 13.2. The van der Waals surface area contributed by atoms with Gasteiger partial charge >= 0.3 is 0 Å². The van der Waals surface area contributed by atoms with E-state index in [0.717, 1.165) is 57.4 Å². The molecular formula is C20H28FN3O2. The molecule has 26 heavy (non-hydrogen) atoms. The van der Waals surface area contributed by atoms with Gasteiger partial charge in [0, 0.05) is 32.1 Å². The van der Waals surface area contributed by atoms with Crippen LogP contribution in [0.1, 0.15) is 44.6 Å². The summed E-state index contributed by atoms with van der Waals surface area (Å²) in [6.07, 6.45) is 5.34. The third-order valence-electron chi connectivity index (χ3n) is 5.79. The third kappa shape index (κ3) is 4.41. The fraction of sp³-hybridized carbons (Fsp3) is 0.600. The van der Waals surface area contributed by atoms with E-state index in [1.807, 2.05) is 17.0 Å². The Balaban J connectivity index is 1.62. The van der Waals surface area contributed by atoms with Gasteiger partial charge in [0.2, 0.25) is 11.8 Å². The first-order chi connectivity index (χ1) is 12.5. The van der Waals surface area contributed by atoms with Gasteiger partial charge in [-0.3, -0.25) is 14.5 Å². The summed E-state index contributed by atoms with van der Waals surface area (Å²) < 4.78 is 13.2. The first kappa shape index (κ1) is 18.8. The third-order valence-corrected chi connectivity index (χ3v) is 5.79. The van der Waals surface area contributed by atoms with Gasteiger partial charge in [-0.15, -0.1) is 0 Å². The lowest BCUT2D eigenvalue weighted by Gasteiger charge is -2.38. The highest BCUT2D eigenvalue weighted by Gasteiger charge is 2.41. The number of likely N-dealkylation sites (tertiary alicyclic amines) is 2. The van der Waals surface area contributed by atoms with E-state index in [0.29, 0.717) is 0 Å². The molecular weight excluding hydrogens is 333 g/mol. The molecule has 1 spiro atoms. The summed E-state index contributed by atoms with van der Waals surface area (Å²) in [5.74, 6) is -0.376. The number of halogens is 1. The van der Waals surface area contributed by atoms with Crippen molar-refractivity contribution in [3.05, 3.63) is 35.6 Å². The number of benzene rings is 1. The molecule has 2 heterocycles. The molecule has 1 unspecified atom stereocenters. The van der Waals surface area contributed by atoms with Crippen LogP contribution in [0, 0.1) is 5.82 Å². The maximum absolute atomic E-state index is 13.2. The van der Waals surface area contributed by atoms with Crippen LogP contribution in [-0.2, 0) is 16.1 Å². The van der Waals surface area contributed by atoms with Crippen molar-refractivity contribution in [3.63, 3.8) is 0 Å². The van der Waals surface area contributed by atoms with Crippen LogP contribution in [0.15, 0.2) is 24.3 Å². The quantitative estimate of drug-likeness (QED) is 0.895. The Labute approximate surface area is 154 Å². The highest BCUT2D eigenvalue weighted by atomic mass is 19.1. The lowest BCUT2D eigenvalue weighted by molar-refractivity contribution is -0.132. The zero-order chi connectivity index (χ0) is 18.6. The largest absolute Gasteiger partial charge is 0.347 e. The highest BCUT2D eigenvalue weighted by Crippen LogP contribution is 2.39. The summed E-state index contributed by atoms with van der Waals surface area (Å²) in [5, 5.41) is 2.60. The molecule has 2 fully saturated rings. The highest BCUT2D eigenvalue weighted by molar-refractivity contribution is 5.83. The van der Waals surface area contributed by atoms with E-state index in [2.05, 4.69) is 10.2 Å². The van der Waals surface area contributed by atoms with E-state index in [-0.39, 0.29) is 29.7 Å². The Bertz CT molecular complexity index is 649. The Morgan fingerprint density at radius 1 is 1.08 bits per heavy atom. The summed E-state index contributed by atoms with van der Waals surface area (Å²) >= 11 is 0. The first-order valence-corrected chi connectivity index (χ1v) is 9.50. The van der Waals surface area contributed by atoms with E-state index >= 15 is 0 Å². The monoisotopic (exact) mass is 361 g/mol. The van der Waals surface area contributed by atoms with Crippen LogP contribution in [0.2, 0.25) is 0 Å². The SMILES string of the molecule is CC(=O)NCC(=O)N1CCCC2(CCCN2Cc2ccc(F)cc2)CC1. The van der Waals surface area contributed by atoms with Crippen LogP contribution in [0.4, 0.5) is 4.39 Å². The smallest absolute Gasteiger partial charge is 0.241 e. The summed E-state index contributed by atoms with van der Waals surface area (Å²) in [5.41, 5.74) is 1.27. The Hall–Kier alpha value is -1.95. The van der Waals surface area contributed by atoms with Gasteiger partial charge in [-0.1, -0.05) is 12.1 Å². The van der Waals surface area contributed by atoms with Crippen molar-refractivity contribution in [2.24, 2.45) is 0 Å². The van der Waals surface area contributed by atoms with Crippen LogP contribution < -0.4 is 5.32 Å². The fourth-order valence-electron chi connectivity index (χ4n) is 4.36. The molecule has 2 aliphatic heterocycles. The van der Waals surface area contributed by atoms with Gasteiger partial charge < -0.3 is 10.2 Å². The van der Waals surface area contributed by atoms with E-state index in [1.165, 1.54) is 25.5 Å². The minimum Gasteiger partial charge on any atom is -0.347 e. The molecule has 0 aliphatic carbocycles. The molecule has 0 saturated carbocycles. The average molecular weight is 361 g/mol. The van der Waals surface area contributed by atoms with E-state index in [4.69, 9.17) is 0 Å².